The molecule has 178 valence electrons. The molecule has 0 spiro atoms. The van der Waals surface area contributed by atoms with Crippen molar-refractivity contribution in [3.63, 3.8) is 0 Å². The van der Waals surface area contributed by atoms with Gasteiger partial charge in [0.25, 0.3) is 5.91 Å². The fraction of sp³-hybridized carbons (Fsp3) is 0.192. The molecule has 4 rings (SSSR count). The first kappa shape index (κ1) is 23.6. The summed E-state index contributed by atoms with van der Waals surface area (Å²) in [6.45, 7) is 2.07. The van der Waals surface area contributed by atoms with Gasteiger partial charge in [-0.2, -0.15) is 0 Å². The minimum atomic E-state index is -0.997. The van der Waals surface area contributed by atoms with E-state index >= 15 is 0 Å². The molecule has 0 unspecified atom stereocenters. The SMILES string of the molecule is CCOC(=O)c1ccc(NC(=O)C[C@@H]2C(=O)N(c3ccccc3)C(=O)N2Cc2ccccn2)cc1. The summed E-state index contributed by atoms with van der Waals surface area (Å²) in [5.41, 5.74) is 1.85. The number of amides is 4. The van der Waals surface area contributed by atoms with Crippen LogP contribution >= 0.6 is 0 Å². The molecule has 1 aliphatic rings. The van der Waals surface area contributed by atoms with Crippen molar-refractivity contribution >= 4 is 35.2 Å². The smallest absolute Gasteiger partial charge is 0.338 e. The fourth-order valence-corrected chi connectivity index (χ4v) is 3.79. The normalized spacial score (nSPS) is 15.3. The molecule has 1 saturated heterocycles. The monoisotopic (exact) mass is 472 g/mol. The largest absolute Gasteiger partial charge is 0.462 e. The van der Waals surface area contributed by atoms with Crippen molar-refractivity contribution in [3.05, 3.63) is 90.3 Å². The van der Waals surface area contributed by atoms with Crippen LogP contribution < -0.4 is 10.2 Å². The Morgan fingerprint density at radius 3 is 2.34 bits per heavy atom. The van der Waals surface area contributed by atoms with E-state index < -0.39 is 29.9 Å². The van der Waals surface area contributed by atoms with E-state index in [0.717, 1.165) is 4.90 Å². The molecule has 0 radical (unpaired) electrons. The van der Waals surface area contributed by atoms with Gasteiger partial charge in [0.05, 0.1) is 36.5 Å². The Kier molecular flexibility index (Phi) is 7.15. The van der Waals surface area contributed by atoms with Gasteiger partial charge >= 0.3 is 12.0 Å². The molecule has 1 fully saturated rings. The number of rotatable bonds is 8. The van der Waals surface area contributed by atoms with Crippen LogP contribution in [0.3, 0.4) is 0 Å². The highest BCUT2D eigenvalue weighted by molar-refractivity contribution is 6.22. The predicted octanol–water partition coefficient (Wildman–Crippen LogP) is 3.62. The zero-order chi connectivity index (χ0) is 24.8. The highest BCUT2D eigenvalue weighted by atomic mass is 16.5. The molecule has 9 heteroatoms. The summed E-state index contributed by atoms with van der Waals surface area (Å²) >= 11 is 0. The topological polar surface area (TPSA) is 109 Å². The van der Waals surface area contributed by atoms with Crippen LogP contribution in [0.5, 0.6) is 0 Å². The summed E-state index contributed by atoms with van der Waals surface area (Å²) in [7, 11) is 0. The molecule has 1 atom stereocenters. The van der Waals surface area contributed by atoms with E-state index in [1.54, 1.807) is 85.9 Å². The van der Waals surface area contributed by atoms with Crippen molar-refractivity contribution in [2.24, 2.45) is 0 Å². The van der Waals surface area contributed by atoms with E-state index in [2.05, 4.69) is 10.3 Å². The summed E-state index contributed by atoms with van der Waals surface area (Å²) in [6.07, 6.45) is 1.37. The number of pyridine rings is 1. The number of imide groups is 1. The molecule has 1 aliphatic heterocycles. The minimum absolute atomic E-state index is 0.0843. The van der Waals surface area contributed by atoms with E-state index in [9.17, 15) is 19.2 Å². The molecular formula is C26H24N4O5. The van der Waals surface area contributed by atoms with E-state index in [4.69, 9.17) is 4.74 Å². The maximum absolute atomic E-state index is 13.3. The van der Waals surface area contributed by atoms with Gasteiger partial charge in [-0.1, -0.05) is 24.3 Å². The molecular weight excluding hydrogens is 448 g/mol. The predicted molar refractivity (Wildman–Crippen MR) is 129 cm³/mol. The van der Waals surface area contributed by atoms with Crippen molar-refractivity contribution < 1.29 is 23.9 Å². The van der Waals surface area contributed by atoms with E-state index in [1.807, 2.05) is 0 Å². The number of urea groups is 1. The Balaban J connectivity index is 1.52. The van der Waals surface area contributed by atoms with Crippen LogP contribution in [-0.2, 0) is 20.9 Å². The van der Waals surface area contributed by atoms with Crippen LogP contribution in [0.1, 0.15) is 29.4 Å². The summed E-state index contributed by atoms with van der Waals surface area (Å²) in [4.78, 5) is 57.9. The van der Waals surface area contributed by atoms with Gasteiger partial charge in [-0.15, -0.1) is 0 Å². The van der Waals surface area contributed by atoms with Gasteiger partial charge in [-0.05, 0) is 55.5 Å². The molecule has 2 heterocycles. The van der Waals surface area contributed by atoms with Gasteiger partial charge in [0.2, 0.25) is 5.91 Å². The third-order valence-corrected chi connectivity index (χ3v) is 5.45. The molecule has 1 aromatic heterocycles. The third-order valence-electron chi connectivity index (χ3n) is 5.45. The third kappa shape index (κ3) is 5.35. The Labute approximate surface area is 202 Å². The van der Waals surface area contributed by atoms with Crippen molar-refractivity contribution in [2.75, 3.05) is 16.8 Å². The number of ether oxygens (including phenoxy) is 1. The highest BCUT2D eigenvalue weighted by Crippen LogP contribution is 2.28. The molecule has 1 N–H and O–H groups in total. The van der Waals surface area contributed by atoms with Crippen LogP contribution in [0.15, 0.2) is 79.0 Å². The molecule has 0 saturated carbocycles. The van der Waals surface area contributed by atoms with Crippen LogP contribution in [0.2, 0.25) is 0 Å². The Morgan fingerprint density at radius 2 is 1.69 bits per heavy atom. The van der Waals surface area contributed by atoms with E-state index in [0.29, 0.717) is 22.6 Å². The highest BCUT2D eigenvalue weighted by Gasteiger charge is 2.46. The van der Waals surface area contributed by atoms with Crippen LogP contribution in [0, 0.1) is 0 Å². The summed E-state index contributed by atoms with van der Waals surface area (Å²) in [5, 5.41) is 2.73. The fourth-order valence-electron chi connectivity index (χ4n) is 3.79. The average molecular weight is 473 g/mol. The summed E-state index contributed by atoms with van der Waals surface area (Å²) in [6, 6.07) is 18.6. The number of esters is 1. The number of nitrogens with one attached hydrogen (secondary N) is 1. The number of aromatic nitrogens is 1. The van der Waals surface area contributed by atoms with Gasteiger partial charge in [-0.3, -0.25) is 14.6 Å². The van der Waals surface area contributed by atoms with Crippen molar-refractivity contribution in [1.29, 1.82) is 0 Å². The van der Waals surface area contributed by atoms with E-state index in [1.165, 1.54) is 4.90 Å². The van der Waals surface area contributed by atoms with Crippen molar-refractivity contribution in [1.82, 2.24) is 9.88 Å². The molecule has 2 aromatic carbocycles. The van der Waals surface area contributed by atoms with Crippen molar-refractivity contribution in [3.8, 4) is 0 Å². The number of hydrogen-bond donors (Lipinski definition) is 1. The minimum Gasteiger partial charge on any atom is -0.462 e. The lowest BCUT2D eigenvalue weighted by molar-refractivity contribution is -0.124. The number of para-hydroxylation sites is 1. The number of anilines is 2. The van der Waals surface area contributed by atoms with Gasteiger partial charge in [0.15, 0.2) is 0 Å². The first-order valence-electron chi connectivity index (χ1n) is 11.1. The zero-order valence-corrected chi connectivity index (χ0v) is 19.1. The molecule has 0 aliphatic carbocycles. The lowest BCUT2D eigenvalue weighted by Crippen LogP contribution is -2.37. The van der Waals surface area contributed by atoms with Gasteiger partial charge in [0, 0.05) is 11.9 Å². The summed E-state index contributed by atoms with van der Waals surface area (Å²) < 4.78 is 4.96. The van der Waals surface area contributed by atoms with Crippen LogP contribution in [-0.4, -0.2) is 46.3 Å². The first-order chi connectivity index (χ1) is 17.0. The zero-order valence-electron chi connectivity index (χ0n) is 19.1. The second kappa shape index (κ2) is 10.6. The number of hydrogen-bond acceptors (Lipinski definition) is 6. The molecule has 0 bridgehead atoms. The van der Waals surface area contributed by atoms with Gasteiger partial charge in [0.1, 0.15) is 6.04 Å². The first-order valence-corrected chi connectivity index (χ1v) is 11.1. The molecule has 4 amide bonds. The second-order valence-electron chi connectivity index (χ2n) is 7.81. The lowest BCUT2D eigenvalue weighted by atomic mass is 10.1. The maximum atomic E-state index is 13.3. The number of nitrogens with zero attached hydrogens (tertiary/aromatic N) is 3. The molecule has 9 nitrogen and oxygen atoms in total. The standard InChI is InChI=1S/C26H24N4O5/c1-2-35-25(33)18-11-13-19(14-12-18)28-23(31)16-22-24(32)30(21-9-4-3-5-10-21)26(34)29(22)17-20-8-6-7-15-27-20/h3-15,22H,2,16-17H2,1H3,(H,28,31)/t22-/m1/s1. The quantitative estimate of drug-likeness (QED) is 0.396. The van der Waals surface area contributed by atoms with Gasteiger partial charge < -0.3 is 15.0 Å². The van der Waals surface area contributed by atoms with Crippen LogP contribution in [0.4, 0.5) is 16.2 Å². The Morgan fingerprint density at radius 1 is 0.971 bits per heavy atom. The molecule has 3 aromatic rings. The van der Waals surface area contributed by atoms with E-state index in [-0.39, 0.29) is 19.6 Å². The number of carbonyl (C=O) groups excluding carboxylic acids is 4. The Hall–Kier alpha value is -4.53. The second-order valence-corrected chi connectivity index (χ2v) is 7.81. The van der Waals surface area contributed by atoms with Crippen LogP contribution in [0.25, 0.3) is 0 Å². The van der Waals surface area contributed by atoms with Crippen molar-refractivity contribution in [2.45, 2.75) is 25.9 Å². The lowest BCUT2D eigenvalue weighted by Gasteiger charge is -2.21. The molecule has 35 heavy (non-hydrogen) atoms. The number of carbonyl (C=O) groups is 4. The maximum Gasteiger partial charge on any atom is 0.338 e. The number of benzene rings is 2. The average Bonchev–Trinajstić information content (AvgIpc) is 3.09. The van der Waals surface area contributed by atoms with Gasteiger partial charge in [-0.25, -0.2) is 14.5 Å². The summed E-state index contributed by atoms with van der Waals surface area (Å²) in [5.74, 6) is -1.38. The Bertz CT molecular complexity index is 1220.